The van der Waals surface area contributed by atoms with E-state index in [-0.39, 0.29) is 36.5 Å². The van der Waals surface area contributed by atoms with Crippen molar-refractivity contribution in [1.82, 2.24) is 10.6 Å². The highest BCUT2D eigenvalue weighted by Crippen LogP contribution is 2.41. The number of nitrogens with zero attached hydrogens (tertiary/aromatic N) is 1. The molecule has 2 rings (SSSR count). The minimum atomic E-state index is -4.38. The van der Waals surface area contributed by atoms with Gasteiger partial charge in [-0.15, -0.1) is 0 Å². The number of benzene rings is 1. The van der Waals surface area contributed by atoms with Gasteiger partial charge < -0.3 is 10.6 Å². The summed E-state index contributed by atoms with van der Waals surface area (Å²) in [6.07, 6.45) is -2.19. The van der Waals surface area contributed by atoms with Crippen LogP contribution in [0.5, 0.6) is 0 Å². The molecule has 0 unspecified atom stereocenters. The van der Waals surface area contributed by atoms with Crippen LogP contribution in [0.1, 0.15) is 36.3 Å². The van der Waals surface area contributed by atoms with Crippen molar-refractivity contribution in [1.29, 1.82) is 5.26 Å². The molecule has 0 saturated heterocycles. The Morgan fingerprint density at radius 1 is 1.30 bits per heavy atom. The molecule has 1 saturated carbocycles. The lowest BCUT2D eigenvalue weighted by Gasteiger charge is -2.24. The molecule has 0 bridgehead atoms. The van der Waals surface area contributed by atoms with E-state index in [4.69, 9.17) is 5.26 Å². The third-order valence-corrected chi connectivity index (χ3v) is 4.07. The molecular weight excluding hydrogens is 307 g/mol. The zero-order chi connectivity index (χ0) is 16.9. The summed E-state index contributed by atoms with van der Waals surface area (Å²) in [6, 6.07) is 7.24. The van der Waals surface area contributed by atoms with E-state index in [0.717, 1.165) is 18.9 Å². The van der Waals surface area contributed by atoms with Crippen molar-refractivity contribution in [2.75, 3.05) is 13.1 Å². The molecule has 1 aromatic rings. The van der Waals surface area contributed by atoms with Crippen LogP contribution in [0.4, 0.5) is 13.2 Å². The fraction of sp³-hybridized carbons (Fsp3) is 0.500. The second-order valence-corrected chi connectivity index (χ2v) is 5.54. The van der Waals surface area contributed by atoms with Crippen molar-refractivity contribution in [3.05, 3.63) is 35.4 Å². The summed E-state index contributed by atoms with van der Waals surface area (Å²) in [5, 5.41) is 13.8. The van der Waals surface area contributed by atoms with Crippen LogP contribution in [0.3, 0.4) is 0 Å². The van der Waals surface area contributed by atoms with E-state index in [0.29, 0.717) is 6.42 Å². The molecule has 0 spiro atoms. The standard InChI is InChI=1S/C16H18F3N3O/c17-16(18,19)13-6-2-1-4-11(13)12-5-3-7-14(12)22-10-15(23)21-9-8-20/h1-2,4,6,12,14,22H,3,5,7,9-10H2,(H,21,23)/t12-,14-/m0/s1. The van der Waals surface area contributed by atoms with E-state index >= 15 is 0 Å². The van der Waals surface area contributed by atoms with Gasteiger partial charge in [-0.2, -0.15) is 18.4 Å². The molecule has 0 aliphatic heterocycles. The van der Waals surface area contributed by atoms with Crippen LogP contribution in [-0.2, 0) is 11.0 Å². The number of hydrogen-bond donors (Lipinski definition) is 2. The van der Waals surface area contributed by atoms with Gasteiger partial charge in [0.05, 0.1) is 18.2 Å². The van der Waals surface area contributed by atoms with E-state index in [1.165, 1.54) is 12.1 Å². The number of hydrogen-bond acceptors (Lipinski definition) is 3. The maximum atomic E-state index is 13.2. The van der Waals surface area contributed by atoms with Crippen molar-refractivity contribution in [2.45, 2.75) is 37.4 Å². The molecule has 1 fully saturated rings. The minimum absolute atomic E-state index is 0.00295. The summed E-state index contributed by atoms with van der Waals surface area (Å²) in [4.78, 5) is 11.5. The molecule has 2 N–H and O–H groups in total. The van der Waals surface area contributed by atoms with Gasteiger partial charge in [0.1, 0.15) is 6.54 Å². The summed E-state index contributed by atoms with van der Waals surface area (Å²) in [5.41, 5.74) is -0.319. The number of alkyl halides is 3. The van der Waals surface area contributed by atoms with Gasteiger partial charge in [0.15, 0.2) is 0 Å². The molecular formula is C16H18F3N3O. The van der Waals surface area contributed by atoms with Gasteiger partial charge in [0, 0.05) is 6.04 Å². The topological polar surface area (TPSA) is 64.9 Å². The molecule has 124 valence electrons. The van der Waals surface area contributed by atoms with Crippen molar-refractivity contribution < 1.29 is 18.0 Å². The smallest absolute Gasteiger partial charge is 0.342 e. The zero-order valence-corrected chi connectivity index (χ0v) is 12.5. The van der Waals surface area contributed by atoms with Gasteiger partial charge in [0.25, 0.3) is 0 Å². The van der Waals surface area contributed by atoms with Gasteiger partial charge in [-0.3, -0.25) is 4.79 Å². The van der Waals surface area contributed by atoms with Crippen LogP contribution in [0.25, 0.3) is 0 Å². The first kappa shape index (κ1) is 17.3. The number of carbonyl (C=O) groups excluding carboxylic acids is 1. The van der Waals surface area contributed by atoms with Gasteiger partial charge in [0.2, 0.25) is 5.91 Å². The number of amides is 1. The summed E-state index contributed by atoms with van der Waals surface area (Å²) in [6.45, 7) is -0.0808. The largest absolute Gasteiger partial charge is 0.416 e. The molecule has 1 aliphatic carbocycles. The van der Waals surface area contributed by atoms with Crippen molar-refractivity contribution in [3.8, 4) is 6.07 Å². The van der Waals surface area contributed by atoms with Crippen LogP contribution < -0.4 is 10.6 Å². The molecule has 0 aromatic heterocycles. The van der Waals surface area contributed by atoms with Crippen molar-refractivity contribution in [2.24, 2.45) is 0 Å². The van der Waals surface area contributed by atoms with E-state index in [1.807, 2.05) is 0 Å². The molecule has 0 radical (unpaired) electrons. The number of halogens is 3. The lowest BCUT2D eigenvalue weighted by atomic mass is 9.90. The second-order valence-electron chi connectivity index (χ2n) is 5.54. The predicted octanol–water partition coefficient (Wildman–Crippen LogP) is 2.57. The number of rotatable bonds is 5. The van der Waals surface area contributed by atoms with E-state index in [1.54, 1.807) is 12.1 Å². The Morgan fingerprint density at radius 3 is 2.74 bits per heavy atom. The summed E-state index contributed by atoms with van der Waals surface area (Å²) < 4.78 is 39.5. The predicted molar refractivity (Wildman–Crippen MR) is 78.4 cm³/mol. The molecule has 23 heavy (non-hydrogen) atoms. The lowest BCUT2D eigenvalue weighted by Crippen LogP contribution is -2.40. The quantitative estimate of drug-likeness (QED) is 0.818. The second kappa shape index (κ2) is 7.47. The van der Waals surface area contributed by atoms with Crippen LogP contribution in [0.15, 0.2) is 24.3 Å². The van der Waals surface area contributed by atoms with Crippen molar-refractivity contribution >= 4 is 5.91 Å². The lowest BCUT2D eigenvalue weighted by molar-refractivity contribution is -0.138. The number of nitriles is 1. The summed E-state index contributed by atoms with van der Waals surface area (Å²) in [5.74, 6) is -0.599. The first-order chi connectivity index (χ1) is 10.9. The van der Waals surface area contributed by atoms with Gasteiger partial charge in [-0.1, -0.05) is 24.6 Å². The first-order valence-electron chi connectivity index (χ1n) is 7.46. The Bertz CT molecular complexity index is 595. The normalized spacial score (nSPS) is 21.0. The fourth-order valence-electron chi connectivity index (χ4n) is 3.08. The first-order valence-corrected chi connectivity index (χ1v) is 7.46. The van der Waals surface area contributed by atoms with Gasteiger partial charge in [-0.05, 0) is 30.4 Å². The zero-order valence-electron chi connectivity index (χ0n) is 12.5. The van der Waals surface area contributed by atoms with Crippen molar-refractivity contribution in [3.63, 3.8) is 0 Å². The van der Waals surface area contributed by atoms with Crippen LogP contribution in [-0.4, -0.2) is 25.0 Å². The summed E-state index contributed by atoms with van der Waals surface area (Å²) in [7, 11) is 0. The highest BCUT2D eigenvalue weighted by molar-refractivity contribution is 5.78. The van der Waals surface area contributed by atoms with E-state index in [2.05, 4.69) is 10.6 Å². The number of nitrogens with one attached hydrogen (secondary N) is 2. The Kier molecular flexibility index (Phi) is 5.61. The maximum absolute atomic E-state index is 13.2. The van der Waals surface area contributed by atoms with Gasteiger partial charge >= 0.3 is 6.18 Å². The number of carbonyl (C=O) groups is 1. The highest BCUT2D eigenvalue weighted by atomic mass is 19.4. The Balaban J connectivity index is 2.08. The Labute approximate surface area is 132 Å². The minimum Gasteiger partial charge on any atom is -0.342 e. The van der Waals surface area contributed by atoms with E-state index in [9.17, 15) is 18.0 Å². The van der Waals surface area contributed by atoms with Gasteiger partial charge in [-0.25, -0.2) is 0 Å². The molecule has 0 heterocycles. The molecule has 1 aromatic carbocycles. The van der Waals surface area contributed by atoms with E-state index < -0.39 is 11.7 Å². The third kappa shape index (κ3) is 4.45. The summed E-state index contributed by atoms with van der Waals surface area (Å²) >= 11 is 0. The van der Waals surface area contributed by atoms with Crippen LogP contribution in [0.2, 0.25) is 0 Å². The maximum Gasteiger partial charge on any atom is 0.416 e. The molecule has 4 nitrogen and oxygen atoms in total. The average molecular weight is 325 g/mol. The van der Waals surface area contributed by atoms with Crippen LogP contribution >= 0.6 is 0 Å². The Morgan fingerprint density at radius 2 is 2.04 bits per heavy atom. The molecule has 7 heteroatoms. The average Bonchev–Trinajstić information content (AvgIpc) is 2.98. The fourth-order valence-corrected chi connectivity index (χ4v) is 3.08. The third-order valence-electron chi connectivity index (χ3n) is 4.07. The van der Waals surface area contributed by atoms with Crippen LogP contribution in [0, 0.1) is 11.3 Å². The SMILES string of the molecule is N#CCNC(=O)CN[C@H]1CCC[C@H]1c1ccccc1C(F)(F)F. The highest BCUT2D eigenvalue weighted by Gasteiger charge is 2.38. The molecule has 1 amide bonds. The Hall–Kier alpha value is -2.07. The molecule has 1 aliphatic rings. The molecule has 2 atom stereocenters. The monoisotopic (exact) mass is 325 g/mol.